The number of thiophene rings is 1. The lowest BCUT2D eigenvalue weighted by Gasteiger charge is -2.31. The summed E-state index contributed by atoms with van der Waals surface area (Å²) < 4.78 is 40.8. The zero-order valence-electron chi connectivity index (χ0n) is 19.1. The molecular formula is C21H24F2N6O6S. The van der Waals surface area contributed by atoms with E-state index in [1.54, 1.807) is 6.07 Å². The molecule has 2 fully saturated rings. The molecule has 3 aromatic rings. The summed E-state index contributed by atoms with van der Waals surface area (Å²) in [5.74, 6) is -2.71. The summed E-state index contributed by atoms with van der Waals surface area (Å²) in [6.07, 6.45) is 1.10. The molecular weight excluding hydrogens is 502 g/mol. The van der Waals surface area contributed by atoms with Crippen LogP contribution in [0.3, 0.4) is 0 Å². The Morgan fingerprint density at radius 2 is 2.14 bits per heavy atom. The Balaban J connectivity index is 0.000000967. The zero-order chi connectivity index (χ0) is 25.9. The molecule has 194 valence electrons. The minimum atomic E-state index is -3.06. The van der Waals surface area contributed by atoms with E-state index in [1.807, 2.05) is 7.05 Å². The number of H-pyrrole nitrogens is 2. The van der Waals surface area contributed by atoms with Gasteiger partial charge < -0.3 is 29.4 Å². The molecule has 2 aliphatic heterocycles. The number of rotatable bonds is 5. The Morgan fingerprint density at radius 1 is 1.36 bits per heavy atom. The van der Waals surface area contributed by atoms with Crippen molar-refractivity contribution in [2.24, 2.45) is 0 Å². The maximum absolute atomic E-state index is 14.8. The van der Waals surface area contributed by atoms with Gasteiger partial charge in [-0.2, -0.15) is 0 Å². The van der Waals surface area contributed by atoms with Gasteiger partial charge in [0, 0.05) is 24.2 Å². The van der Waals surface area contributed by atoms with Gasteiger partial charge in [0.2, 0.25) is 0 Å². The minimum Gasteiger partial charge on any atom is -0.483 e. The monoisotopic (exact) mass is 526 g/mol. The third-order valence-corrected chi connectivity index (χ3v) is 6.85. The number of nitrogens with zero attached hydrogens (tertiary/aromatic N) is 4. The van der Waals surface area contributed by atoms with Gasteiger partial charge in [0.05, 0.1) is 43.4 Å². The normalized spacial score (nSPS) is 21.8. The number of halogens is 2. The van der Waals surface area contributed by atoms with E-state index in [0.717, 1.165) is 6.54 Å². The molecule has 15 heteroatoms. The van der Waals surface area contributed by atoms with Crippen LogP contribution in [0.4, 0.5) is 14.6 Å². The number of fused-ring (bicyclic) bond motifs is 1. The highest BCUT2D eigenvalue weighted by Crippen LogP contribution is 2.38. The van der Waals surface area contributed by atoms with Crippen LogP contribution in [0.5, 0.6) is 0 Å². The average molecular weight is 527 g/mol. The first kappa shape index (κ1) is 25.8. The first-order chi connectivity index (χ1) is 17.2. The molecule has 12 nitrogen and oxygen atoms in total. The summed E-state index contributed by atoms with van der Waals surface area (Å²) >= 11 is 1.21. The van der Waals surface area contributed by atoms with Crippen LogP contribution in [-0.4, -0.2) is 101 Å². The van der Waals surface area contributed by atoms with Gasteiger partial charge in [-0.3, -0.25) is 14.6 Å². The van der Waals surface area contributed by atoms with E-state index in [4.69, 9.17) is 19.4 Å². The molecule has 5 rings (SSSR count). The van der Waals surface area contributed by atoms with Crippen molar-refractivity contribution in [1.29, 1.82) is 0 Å². The fourth-order valence-electron chi connectivity index (χ4n) is 4.10. The second kappa shape index (κ2) is 10.8. The fraction of sp³-hybridized carbons (Fsp3) is 0.476. The number of anilines is 1. The summed E-state index contributed by atoms with van der Waals surface area (Å²) in [6.45, 7) is 1.26. The van der Waals surface area contributed by atoms with E-state index in [9.17, 15) is 18.4 Å². The van der Waals surface area contributed by atoms with Crippen molar-refractivity contribution < 1.29 is 28.2 Å². The van der Waals surface area contributed by atoms with Crippen LogP contribution in [0.1, 0.15) is 0 Å². The van der Waals surface area contributed by atoms with Gasteiger partial charge in [0.25, 0.3) is 18.0 Å². The van der Waals surface area contributed by atoms with Gasteiger partial charge >= 0.3 is 5.69 Å². The number of likely N-dealkylation sites (N-methyl/N-ethyl adjacent to an activating group) is 1. The van der Waals surface area contributed by atoms with E-state index in [-0.39, 0.29) is 31.3 Å². The molecule has 2 atom stereocenters. The zero-order valence-corrected chi connectivity index (χ0v) is 20.0. The highest BCUT2D eigenvalue weighted by Gasteiger charge is 2.50. The molecule has 5 heterocycles. The molecule has 0 aromatic carbocycles. The Kier molecular flexibility index (Phi) is 7.73. The molecule has 0 radical (unpaired) electrons. The highest BCUT2D eigenvalue weighted by molar-refractivity contribution is 7.21. The predicted octanol–water partition coefficient (Wildman–Crippen LogP) is 0.607. The number of carbonyl (C=O) groups is 1. The minimum absolute atomic E-state index is 0.0356. The average Bonchev–Trinajstić information content (AvgIpc) is 3.38. The van der Waals surface area contributed by atoms with Gasteiger partial charge in [-0.05, 0) is 13.1 Å². The molecule has 36 heavy (non-hydrogen) atoms. The second-order valence-electron chi connectivity index (χ2n) is 8.34. The van der Waals surface area contributed by atoms with E-state index in [1.165, 1.54) is 28.8 Å². The van der Waals surface area contributed by atoms with Gasteiger partial charge in [-0.1, -0.05) is 0 Å². The quantitative estimate of drug-likeness (QED) is 0.403. The number of morpholine rings is 1. The van der Waals surface area contributed by atoms with E-state index in [0.29, 0.717) is 34.1 Å². The van der Waals surface area contributed by atoms with Crippen LogP contribution in [0.25, 0.3) is 20.7 Å². The largest absolute Gasteiger partial charge is 0.483 e. The van der Waals surface area contributed by atoms with Crippen molar-refractivity contribution in [2.75, 3.05) is 51.3 Å². The van der Waals surface area contributed by atoms with Crippen LogP contribution in [0.2, 0.25) is 0 Å². The van der Waals surface area contributed by atoms with Crippen LogP contribution < -0.4 is 16.1 Å². The number of hydrogen-bond acceptors (Lipinski definition) is 10. The highest BCUT2D eigenvalue weighted by atomic mass is 32.1. The number of aromatic nitrogens is 4. The van der Waals surface area contributed by atoms with Gasteiger partial charge in [-0.15, -0.1) is 11.3 Å². The number of hydrogen-bond donors (Lipinski definition) is 3. The predicted molar refractivity (Wildman–Crippen MR) is 127 cm³/mol. The van der Waals surface area contributed by atoms with Crippen LogP contribution in [0.15, 0.2) is 28.2 Å². The number of ether oxygens (including phenoxy) is 2. The van der Waals surface area contributed by atoms with E-state index >= 15 is 0 Å². The molecule has 2 saturated heterocycles. The third-order valence-electron chi connectivity index (χ3n) is 5.78. The number of aromatic amines is 2. The molecule has 2 aliphatic rings. The fourth-order valence-corrected chi connectivity index (χ4v) is 5.11. The van der Waals surface area contributed by atoms with Crippen LogP contribution >= 0.6 is 11.3 Å². The second-order valence-corrected chi connectivity index (χ2v) is 9.37. The van der Waals surface area contributed by atoms with Gasteiger partial charge in [0.1, 0.15) is 23.1 Å². The topological polar surface area (TPSA) is 154 Å². The molecule has 0 spiro atoms. The summed E-state index contributed by atoms with van der Waals surface area (Å²) in [5.41, 5.74) is -0.897. The molecule has 0 aliphatic carbocycles. The maximum atomic E-state index is 14.8. The number of carboxylic acid groups (broad SMARTS) is 1. The van der Waals surface area contributed by atoms with Gasteiger partial charge in [0.15, 0.2) is 0 Å². The lowest BCUT2D eigenvalue weighted by molar-refractivity contribution is -0.136. The van der Waals surface area contributed by atoms with Crippen molar-refractivity contribution in [3.05, 3.63) is 39.4 Å². The first-order valence-corrected chi connectivity index (χ1v) is 11.7. The van der Waals surface area contributed by atoms with Crippen LogP contribution in [-0.2, 0) is 14.3 Å². The SMILES string of the molecule is CN1CCOC(COC2CN(c3ncnc4sc(-c5c[nH]c(=O)[nH]c5=O)cc34)CC2(F)F)C1.O=CO. The molecule has 0 saturated carbocycles. The Labute approximate surface area is 206 Å². The van der Waals surface area contributed by atoms with Crippen molar-refractivity contribution in [2.45, 2.75) is 18.1 Å². The van der Waals surface area contributed by atoms with E-state index in [2.05, 4.69) is 24.8 Å². The van der Waals surface area contributed by atoms with Crippen molar-refractivity contribution in [1.82, 2.24) is 24.8 Å². The summed E-state index contributed by atoms with van der Waals surface area (Å²) in [7, 11) is 1.96. The molecule has 3 aromatic heterocycles. The standard InChI is InChI=1S/C20H22F2N6O4S.CH2O2/c1-27-2-3-31-11(6-27)8-32-15-7-28(9-20(15,21)22)16-12-4-14(33-18(12)25-10-24-16)13-5-23-19(30)26-17(13)29;2-1-3/h4-5,10-11,15H,2-3,6-9H2,1H3,(H2,23,26,29,30);1H,(H,2,3). The van der Waals surface area contributed by atoms with Crippen molar-refractivity contribution in [3.63, 3.8) is 0 Å². The number of nitrogens with one attached hydrogen (secondary N) is 2. The van der Waals surface area contributed by atoms with Crippen molar-refractivity contribution in [3.8, 4) is 10.4 Å². The summed E-state index contributed by atoms with van der Waals surface area (Å²) in [4.78, 5) is 49.6. The smallest absolute Gasteiger partial charge is 0.325 e. The lowest BCUT2D eigenvalue weighted by Crippen LogP contribution is -2.44. The Bertz CT molecular complexity index is 1330. The summed E-state index contributed by atoms with van der Waals surface area (Å²) in [5, 5.41) is 7.44. The first-order valence-electron chi connectivity index (χ1n) is 10.9. The molecule has 2 unspecified atom stereocenters. The maximum Gasteiger partial charge on any atom is 0.325 e. The summed E-state index contributed by atoms with van der Waals surface area (Å²) in [6, 6.07) is 1.68. The molecule has 0 bridgehead atoms. The van der Waals surface area contributed by atoms with E-state index < -0.39 is 29.8 Å². The lowest BCUT2D eigenvalue weighted by atomic mass is 10.2. The third kappa shape index (κ3) is 5.59. The molecule has 0 amide bonds. The van der Waals surface area contributed by atoms with Gasteiger partial charge in [-0.25, -0.2) is 23.5 Å². The molecule has 3 N–H and O–H groups in total. The number of alkyl halides is 2. The Morgan fingerprint density at radius 3 is 2.86 bits per heavy atom. The van der Waals surface area contributed by atoms with Crippen molar-refractivity contribution >= 4 is 33.8 Å². The Hall–Kier alpha value is -3.27. The van der Waals surface area contributed by atoms with Crippen LogP contribution in [0, 0.1) is 0 Å².